The topological polar surface area (TPSA) is 85.8 Å². The van der Waals surface area contributed by atoms with Gasteiger partial charge in [0, 0.05) is 32.6 Å². The van der Waals surface area contributed by atoms with Crippen LogP contribution < -0.4 is 0 Å². The van der Waals surface area contributed by atoms with Crippen molar-refractivity contribution in [1.29, 1.82) is 0 Å². The number of nitrogens with zero attached hydrogens (tertiary/aromatic N) is 5. The Kier molecular flexibility index (Phi) is 8.99. The fourth-order valence-corrected chi connectivity index (χ4v) is 5.89. The molecule has 242 valence electrons. The van der Waals surface area contributed by atoms with E-state index in [1.807, 2.05) is 42.2 Å². The van der Waals surface area contributed by atoms with E-state index in [4.69, 9.17) is 4.74 Å². The third-order valence-electron chi connectivity index (χ3n) is 8.15. The molecule has 0 radical (unpaired) electrons. The average Bonchev–Trinajstić information content (AvgIpc) is 3.40. The van der Waals surface area contributed by atoms with E-state index < -0.39 is 54.0 Å². The highest BCUT2D eigenvalue weighted by molar-refractivity contribution is 5.91. The quantitative estimate of drug-likeness (QED) is 0.409. The zero-order valence-electron chi connectivity index (χ0n) is 24.3. The smallest absolute Gasteiger partial charge is 0.416 e. The lowest BCUT2D eigenvalue weighted by Gasteiger charge is -2.52. The summed E-state index contributed by atoms with van der Waals surface area (Å²) in [6, 6.07) is 9.19. The Balaban J connectivity index is 1.38. The molecule has 0 aliphatic carbocycles. The number of aliphatic imine (C=N–C) groups is 1. The molecule has 2 fully saturated rings. The van der Waals surface area contributed by atoms with Crippen molar-refractivity contribution in [3.63, 3.8) is 0 Å². The highest BCUT2D eigenvalue weighted by atomic mass is 19.4. The van der Waals surface area contributed by atoms with Crippen molar-refractivity contribution in [3.8, 4) is 0 Å². The number of hydrogen-bond acceptors (Lipinski definition) is 6. The minimum absolute atomic E-state index is 0.00452. The first-order valence-electron chi connectivity index (χ1n) is 14.3. The molecular formula is C30H31F6N5O4. The third kappa shape index (κ3) is 7.17. The molecule has 0 spiro atoms. The number of benzene rings is 2. The zero-order chi connectivity index (χ0) is 32.5. The summed E-state index contributed by atoms with van der Waals surface area (Å²) in [4.78, 5) is 50.9. The molecule has 3 heterocycles. The van der Waals surface area contributed by atoms with Gasteiger partial charge in [0.05, 0.1) is 30.1 Å². The van der Waals surface area contributed by atoms with Gasteiger partial charge in [-0.25, -0.2) is 4.79 Å². The van der Waals surface area contributed by atoms with E-state index in [9.17, 15) is 40.7 Å². The number of amidine groups is 1. The molecule has 45 heavy (non-hydrogen) atoms. The number of hydrogen-bond donors (Lipinski definition) is 0. The van der Waals surface area contributed by atoms with Gasteiger partial charge in [0.15, 0.2) is 0 Å². The Morgan fingerprint density at radius 2 is 1.60 bits per heavy atom. The number of carbonyl (C=O) groups is 3. The maximum atomic E-state index is 13.8. The van der Waals surface area contributed by atoms with Gasteiger partial charge in [0.1, 0.15) is 18.8 Å². The van der Waals surface area contributed by atoms with Gasteiger partial charge in [-0.1, -0.05) is 30.3 Å². The number of piperazine rings is 1. The molecule has 0 unspecified atom stereocenters. The molecule has 3 aliphatic heterocycles. The largest absolute Gasteiger partial charge is 0.444 e. The average molecular weight is 640 g/mol. The molecule has 9 nitrogen and oxygen atoms in total. The predicted octanol–water partition coefficient (Wildman–Crippen LogP) is 4.76. The number of rotatable bonds is 7. The molecule has 15 heteroatoms. The molecule has 0 aromatic heterocycles. The monoisotopic (exact) mass is 639 g/mol. The van der Waals surface area contributed by atoms with Crippen molar-refractivity contribution in [2.45, 2.75) is 57.5 Å². The Morgan fingerprint density at radius 3 is 2.20 bits per heavy atom. The second-order valence-corrected chi connectivity index (χ2v) is 11.1. The predicted molar refractivity (Wildman–Crippen MR) is 148 cm³/mol. The van der Waals surface area contributed by atoms with Crippen LogP contribution in [0.5, 0.6) is 0 Å². The lowest BCUT2D eigenvalue weighted by Crippen LogP contribution is -2.71. The van der Waals surface area contributed by atoms with Gasteiger partial charge in [0.25, 0.3) is 0 Å². The molecule has 0 bridgehead atoms. The third-order valence-corrected chi connectivity index (χ3v) is 8.15. The van der Waals surface area contributed by atoms with E-state index in [1.54, 1.807) is 4.90 Å². The minimum Gasteiger partial charge on any atom is -0.444 e. The lowest BCUT2D eigenvalue weighted by molar-refractivity contribution is -0.169. The summed E-state index contributed by atoms with van der Waals surface area (Å²) in [7, 11) is 0. The normalized spacial score (nSPS) is 20.8. The molecule has 3 aliphatic rings. The molecule has 2 atom stereocenters. The van der Waals surface area contributed by atoms with E-state index in [-0.39, 0.29) is 50.4 Å². The fourth-order valence-electron chi connectivity index (χ4n) is 5.89. The van der Waals surface area contributed by atoms with E-state index in [2.05, 4.69) is 4.99 Å². The number of ether oxygens (including phenoxy) is 1. The fraction of sp³-hybridized carbons (Fsp3) is 0.467. The Morgan fingerprint density at radius 1 is 0.933 bits per heavy atom. The minimum atomic E-state index is -5.06. The van der Waals surface area contributed by atoms with Gasteiger partial charge in [-0.15, -0.1) is 0 Å². The van der Waals surface area contributed by atoms with Crippen LogP contribution in [0.2, 0.25) is 0 Å². The summed E-state index contributed by atoms with van der Waals surface area (Å²) >= 11 is 0. The molecule has 2 saturated heterocycles. The number of carbonyl (C=O) groups excluding carboxylic acids is 3. The van der Waals surface area contributed by atoms with Gasteiger partial charge in [-0.3, -0.25) is 19.5 Å². The van der Waals surface area contributed by atoms with Crippen molar-refractivity contribution >= 4 is 23.7 Å². The summed E-state index contributed by atoms with van der Waals surface area (Å²) in [5.74, 6) is 0.173. The number of halogens is 6. The zero-order valence-corrected chi connectivity index (χ0v) is 24.3. The summed E-state index contributed by atoms with van der Waals surface area (Å²) < 4.78 is 85.2. The van der Waals surface area contributed by atoms with Crippen LogP contribution in [0.25, 0.3) is 0 Å². The highest BCUT2D eigenvalue weighted by Crippen LogP contribution is 2.37. The van der Waals surface area contributed by atoms with Crippen molar-refractivity contribution in [2.24, 2.45) is 4.99 Å². The van der Waals surface area contributed by atoms with Crippen LogP contribution in [0.3, 0.4) is 0 Å². The first kappa shape index (κ1) is 32.1. The molecule has 5 rings (SSSR count). The van der Waals surface area contributed by atoms with Gasteiger partial charge in [0.2, 0.25) is 11.8 Å². The summed E-state index contributed by atoms with van der Waals surface area (Å²) in [6.07, 6.45) is -12.0. The van der Waals surface area contributed by atoms with E-state index in [0.717, 1.165) is 11.4 Å². The molecule has 0 N–H and O–H groups in total. The SMILES string of the molecule is CC1=NCCN1CC[C@H]1C(=O)N(Cc2ccccc2)C[C@@H]2N(C(=O)OCc3cc(C(F)(F)F)cc(C(F)(F)F)c3)CCC(=O)N21. The standard InChI is InChI=1S/C30H31F6N5O4/c1-19-37-9-12-38(19)10-7-24-27(43)39(16-20-5-3-2-4-6-20)17-25-40(11-8-26(42)41(24)25)28(44)45-18-21-13-22(29(31,32)33)15-23(14-21)30(34,35)36/h2-6,13-15,24-25H,7-12,16-18H2,1H3/t24-,25+/m0/s1. The second-order valence-electron chi connectivity index (χ2n) is 11.1. The van der Waals surface area contributed by atoms with Crippen molar-refractivity contribution in [1.82, 2.24) is 19.6 Å². The summed E-state index contributed by atoms with van der Waals surface area (Å²) in [5.41, 5.74) is -2.73. The Bertz CT molecular complexity index is 1430. The highest BCUT2D eigenvalue weighted by Gasteiger charge is 2.49. The van der Waals surface area contributed by atoms with Crippen molar-refractivity contribution in [2.75, 3.05) is 32.7 Å². The van der Waals surface area contributed by atoms with Crippen LogP contribution in [0.1, 0.15) is 42.0 Å². The van der Waals surface area contributed by atoms with Crippen LogP contribution in [0.15, 0.2) is 53.5 Å². The summed E-state index contributed by atoms with van der Waals surface area (Å²) in [5, 5.41) is 0. The van der Waals surface area contributed by atoms with Gasteiger partial charge < -0.3 is 19.4 Å². The molecule has 2 aromatic carbocycles. The van der Waals surface area contributed by atoms with Crippen LogP contribution in [-0.2, 0) is 39.8 Å². The van der Waals surface area contributed by atoms with Crippen molar-refractivity contribution < 1.29 is 45.5 Å². The van der Waals surface area contributed by atoms with Crippen LogP contribution in [-0.4, -0.2) is 88.3 Å². The molecule has 3 amide bonds. The Labute approximate surface area is 255 Å². The van der Waals surface area contributed by atoms with Crippen molar-refractivity contribution in [3.05, 3.63) is 70.8 Å². The molecule has 2 aromatic rings. The first-order valence-corrected chi connectivity index (χ1v) is 14.3. The van der Waals surface area contributed by atoms with E-state index >= 15 is 0 Å². The van der Waals surface area contributed by atoms with Gasteiger partial charge >= 0.3 is 18.4 Å². The second kappa shape index (κ2) is 12.6. The van der Waals surface area contributed by atoms with Crippen LogP contribution >= 0.6 is 0 Å². The maximum Gasteiger partial charge on any atom is 0.416 e. The summed E-state index contributed by atoms with van der Waals surface area (Å²) in [6.45, 7) is 2.74. The first-order chi connectivity index (χ1) is 21.2. The van der Waals surface area contributed by atoms with Crippen LogP contribution in [0.4, 0.5) is 31.1 Å². The van der Waals surface area contributed by atoms with Crippen LogP contribution in [0, 0.1) is 0 Å². The number of amides is 3. The lowest BCUT2D eigenvalue weighted by atomic mass is 10.0. The number of alkyl halides is 6. The van der Waals surface area contributed by atoms with Gasteiger partial charge in [-0.2, -0.15) is 26.3 Å². The van der Waals surface area contributed by atoms with Gasteiger partial charge in [-0.05, 0) is 42.7 Å². The van der Waals surface area contributed by atoms with E-state index in [1.165, 1.54) is 9.80 Å². The van der Waals surface area contributed by atoms with E-state index in [0.29, 0.717) is 31.8 Å². The number of fused-ring (bicyclic) bond motifs is 1. The molecular weight excluding hydrogens is 608 g/mol. The maximum absolute atomic E-state index is 13.8. The molecule has 0 saturated carbocycles. The Hall–Kier alpha value is -4.30.